The zero-order chi connectivity index (χ0) is 26.1. The van der Waals surface area contributed by atoms with Gasteiger partial charge in [0.1, 0.15) is 6.04 Å². The standard InChI is InChI=1S/C28H38N2O5/c1-16(2)21(24(33)23(32)13-18-11-12-18)14-22(31)17(3)29-26(34)25(28(4,5)6)30-15-19-9-7-8-10-20(19)27(30)35/h7-10,16-18,21,25H,11-15H2,1-6H3,(H,29,34)/t17-,21-,25+/m0/s1. The van der Waals surface area contributed by atoms with Crippen LogP contribution in [-0.2, 0) is 25.7 Å². The molecular weight excluding hydrogens is 444 g/mol. The summed E-state index contributed by atoms with van der Waals surface area (Å²) < 4.78 is 0. The Bertz CT molecular complexity index is 1020. The monoisotopic (exact) mass is 482 g/mol. The minimum atomic E-state index is -0.847. The van der Waals surface area contributed by atoms with Crippen LogP contribution in [0.25, 0.3) is 0 Å². The molecule has 2 amide bonds. The maximum absolute atomic E-state index is 13.4. The summed E-state index contributed by atoms with van der Waals surface area (Å²) in [7, 11) is 0. The van der Waals surface area contributed by atoms with Gasteiger partial charge in [0, 0.05) is 30.9 Å². The second-order valence-electron chi connectivity index (χ2n) is 11.5. The molecule has 1 aliphatic heterocycles. The zero-order valence-electron chi connectivity index (χ0n) is 21.7. The van der Waals surface area contributed by atoms with Crippen LogP contribution in [0.5, 0.6) is 0 Å². The minimum absolute atomic E-state index is 0.0946. The van der Waals surface area contributed by atoms with Crippen LogP contribution < -0.4 is 5.32 Å². The van der Waals surface area contributed by atoms with Crippen LogP contribution in [0.1, 0.15) is 83.1 Å². The summed E-state index contributed by atoms with van der Waals surface area (Å²) in [6.45, 7) is 11.2. The summed E-state index contributed by atoms with van der Waals surface area (Å²) in [6, 6.07) is 5.68. The van der Waals surface area contributed by atoms with E-state index >= 15 is 0 Å². The van der Waals surface area contributed by atoms with Gasteiger partial charge in [0.25, 0.3) is 5.91 Å². The highest BCUT2D eigenvalue weighted by Gasteiger charge is 2.43. The number of carbonyl (C=O) groups excluding carboxylic acids is 5. The van der Waals surface area contributed by atoms with Crippen LogP contribution in [-0.4, -0.2) is 46.1 Å². The second kappa shape index (κ2) is 10.4. The number of nitrogens with one attached hydrogen (secondary N) is 1. The van der Waals surface area contributed by atoms with E-state index in [-0.39, 0.29) is 30.4 Å². The van der Waals surface area contributed by atoms with Gasteiger partial charge in [-0.15, -0.1) is 0 Å². The molecule has 0 aromatic heterocycles. The molecule has 3 atom stereocenters. The van der Waals surface area contributed by atoms with Gasteiger partial charge < -0.3 is 10.2 Å². The van der Waals surface area contributed by atoms with Crippen molar-refractivity contribution >= 4 is 29.2 Å². The van der Waals surface area contributed by atoms with Crippen LogP contribution in [0.3, 0.4) is 0 Å². The highest BCUT2D eigenvalue weighted by molar-refractivity contribution is 6.38. The lowest BCUT2D eigenvalue weighted by Gasteiger charge is -2.37. The maximum atomic E-state index is 13.4. The van der Waals surface area contributed by atoms with Gasteiger partial charge in [-0.3, -0.25) is 24.0 Å². The van der Waals surface area contributed by atoms with Gasteiger partial charge in [0.2, 0.25) is 11.7 Å². The molecule has 2 aliphatic rings. The van der Waals surface area contributed by atoms with Crippen LogP contribution >= 0.6 is 0 Å². The Hall–Kier alpha value is -2.83. The third-order valence-electron chi connectivity index (χ3n) is 7.08. The number of benzene rings is 1. The van der Waals surface area contributed by atoms with Gasteiger partial charge in [-0.05, 0) is 48.6 Å². The van der Waals surface area contributed by atoms with Crippen molar-refractivity contribution in [3.05, 3.63) is 35.4 Å². The molecular formula is C28H38N2O5. The first-order chi connectivity index (χ1) is 16.3. The molecule has 1 aromatic carbocycles. The van der Waals surface area contributed by atoms with Gasteiger partial charge in [-0.25, -0.2) is 0 Å². The van der Waals surface area contributed by atoms with Crippen molar-refractivity contribution in [3.63, 3.8) is 0 Å². The van der Waals surface area contributed by atoms with Crippen LogP contribution in [0.15, 0.2) is 24.3 Å². The Labute approximate surface area is 208 Å². The average molecular weight is 483 g/mol. The lowest BCUT2D eigenvalue weighted by Crippen LogP contribution is -2.56. The number of hydrogen-bond donors (Lipinski definition) is 1. The fraction of sp³-hybridized carbons (Fsp3) is 0.607. The SMILES string of the molecule is CC(C)[C@H](CC(=O)[C@H](C)NC(=O)[C@@H](N1Cc2ccccc2C1=O)C(C)(C)C)C(=O)C(=O)CC1CC1. The van der Waals surface area contributed by atoms with Crippen LogP contribution in [0.2, 0.25) is 0 Å². The molecule has 1 heterocycles. The van der Waals surface area contributed by atoms with Crippen molar-refractivity contribution in [2.24, 2.45) is 23.2 Å². The molecule has 1 saturated carbocycles. The first-order valence-corrected chi connectivity index (χ1v) is 12.6. The van der Waals surface area contributed by atoms with Crippen molar-refractivity contribution in [2.75, 3.05) is 0 Å². The molecule has 0 radical (unpaired) electrons. The van der Waals surface area contributed by atoms with Crippen molar-refractivity contribution in [1.82, 2.24) is 10.2 Å². The first kappa shape index (κ1) is 26.8. The van der Waals surface area contributed by atoms with Crippen LogP contribution in [0.4, 0.5) is 0 Å². The van der Waals surface area contributed by atoms with Crippen molar-refractivity contribution < 1.29 is 24.0 Å². The lowest BCUT2D eigenvalue weighted by molar-refractivity contribution is -0.141. The average Bonchev–Trinajstić information content (AvgIpc) is 3.53. The Morgan fingerprint density at radius 3 is 2.23 bits per heavy atom. The number of carbonyl (C=O) groups is 5. The number of amides is 2. The molecule has 3 rings (SSSR count). The second-order valence-corrected chi connectivity index (χ2v) is 11.5. The molecule has 1 fully saturated rings. The molecule has 0 spiro atoms. The summed E-state index contributed by atoms with van der Waals surface area (Å²) >= 11 is 0. The number of nitrogens with zero attached hydrogens (tertiary/aromatic N) is 1. The van der Waals surface area contributed by atoms with Crippen molar-refractivity contribution in [2.45, 2.75) is 85.9 Å². The summed E-state index contributed by atoms with van der Waals surface area (Å²) in [4.78, 5) is 66.2. The number of hydrogen-bond acceptors (Lipinski definition) is 5. The van der Waals surface area contributed by atoms with E-state index in [0.29, 0.717) is 18.0 Å². The van der Waals surface area contributed by atoms with E-state index in [1.807, 2.05) is 46.8 Å². The zero-order valence-corrected chi connectivity index (χ0v) is 21.7. The lowest BCUT2D eigenvalue weighted by atomic mass is 9.83. The van der Waals surface area contributed by atoms with Gasteiger partial charge in [-0.1, -0.05) is 52.8 Å². The van der Waals surface area contributed by atoms with Crippen molar-refractivity contribution in [1.29, 1.82) is 0 Å². The predicted octanol–water partition coefficient (Wildman–Crippen LogP) is 3.73. The molecule has 7 nitrogen and oxygen atoms in total. The van der Waals surface area contributed by atoms with Gasteiger partial charge in [0.15, 0.2) is 11.6 Å². The number of fused-ring (bicyclic) bond motifs is 1. The molecule has 1 aromatic rings. The highest BCUT2D eigenvalue weighted by Crippen LogP contribution is 2.34. The third-order valence-corrected chi connectivity index (χ3v) is 7.08. The molecule has 7 heteroatoms. The summed E-state index contributed by atoms with van der Waals surface area (Å²) in [5, 5.41) is 2.79. The van der Waals surface area contributed by atoms with Gasteiger partial charge in [-0.2, -0.15) is 0 Å². The smallest absolute Gasteiger partial charge is 0.255 e. The molecule has 190 valence electrons. The van der Waals surface area contributed by atoms with E-state index in [0.717, 1.165) is 18.4 Å². The molecule has 0 unspecified atom stereocenters. The summed E-state index contributed by atoms with van der Waals surface area (Å²) in [5.74, 6) is -2.33. The number of Topliss-reactive ketones (excluding diaryl/α,β-unsaturated/α-hetero) is 3. The quantitative estimate of drug-likeness (QED) is 0.485. The van der Waals surface area contributed by atoms with E-state index in [2.05, 4.69) is 5.32 Å². The molecule has 35 heavy (non-hydrogen) atoms. The minimum Gasteiger partial charge on any atom is -0.345 e. The van der Waals surface area contributed by atoms with Gasteiger partial charge in [0.05, 0.1) is 6.04 Å². The number of ketones is 3. The summed E-state index contributed by atoms with van der Waals surface area (Å²) in [5.41, 5.74) is 0.890. The topological polar surface area (TPSA) is 101 Å². The Morgan fingerprint density at radius 2 is 1.69 bits per heavy atom. The third kappa shape index (κ3) is 6.24. The van der Waals surface area contributed by atoms with Gasteiger partial charge >= 0.3 is 0 Å². The fourth-order valence-electron chi connectivity index (χ4n) is 4.78. The first-order valence-electron chi connectivity index (χ1n) is 12.6. The largest absolute Gasteiger partial charge is 0.345 e. The van der Waals surface area contributed by atoms with E-state index in [1.54, 1.807) is 24.0 Å². The molecule has 1 aliphatic carbocycles. The predicted molar refractivity (Wildman–Crippen MR) is 132 cm³/mol. The molecule has 1 N–H and O–H groups in total. The van der Waals surface area contributed by atoms with Crippen molar-refractivity contribution in [3.8, 4) is 0 Å². The fourth-order valence-corrected chi connectivity index (χ4v) is 4.78. The van der Waals surface area contributed by atoms with E-state index in [9.17, 15) is 24.0 Å². The molecule has 0 saturated heterocycles. The Kier molecular flexibility index (Phi) is 7.97. The number of rotatable bonds is 11. The van der Waals surface area contributed by atoms with Crippen LogP contribution in [0, 0.1) is 23.2 Å². The van der Waals surface area contributed by atoms with E-state index in [1.165, 1.54) is 0 Å². The van der Waals surface area contributed by atoms with E-state index in [4.69, 9.17) is 0 Å². The summed E-state index contributed by atoms with van der Waals surface area (Å²) in [6.07, 6.45) is 2.13. The molecule has 0 bridgehead atoms. The van der Waals surface area contributed by atoms with E-state index < -0.39 is 40.9 Å². The normalized spacial score (nSPS) is 18.1. The maximum Gasteiger partial charge on any atom is 0.255 e. The Morgan fingerprint density at radius 1 is 1.06 bits per heavy atom. The Balaban J connectivity index is 1.68. The highest BCUT2D eigenvalue weighted by atomic mass is 16.2.